The van der Waals surface area contributed by atoms with E-state index in [-0.39, 0.29) is 24.0 Å². The van der Waals surface area contributed by atoms with Crippen LogP contribution in [0.4, 0.5) is 0 Å². The number of hydrogen-bond donors (Lipinski definition) is 1. The third-order valence-corrected chi connectivity index (χ3v) is 4.87. The molecule has 4 nitrogen and oxygen atoms in total. The predicted octanol–water partition coefficient (Wildman–Crippen LogP) is 3.07. The number of guanidine groups is 1. The van der Waals surface area contributed by atoms with Gasteiger partial charge in [-0.2, -0.15) is 0 Å². The first-order chi connectivity index (χ1) is 10.8. The standard InChI is InChI=1S/C18H28N4.HI/c19-18(21-11-5-2-6-12-21)20-14-17-10-7-13-22(17)15-16-8-3-1-4-9-16;/h1,3-4,8-9,17H,2,5-7,10-15H2,(H2,19,20);1H. The summed E-state index contributed by atoms with van der Waals surface area (Å²) in [6.07, 6.45) is 6.34. The number of nitrogens with zero attached hydrogens (tertiary/aromatic N) is 3. The summed E-state index contributed by atoms with van der Waals surface area (Å²) in [7, 11) is 0. The van der Waals surface area contributed by atoms with E-state index in [4.69, 9.17) is 10.7 Å². The molecule has 1 atom stereocenters. The monoisotopic (exact) mass is 428 g/mol. The second kappa shape index (κ2) is 9.47. The van der Waals surface area contributed by atoms with Crippen molar-refractivity contribution in [3.8, 4) is 0 Å². The van der Waals surface area contributed by atoms with E-state index in [1.807, 2.05) is 0 Å². The molecule has 2 aliphatic heterocycles. The lowest BCUT2D eigenvalue weighted by molar-refractivity contribution is 0.249. The van der Waals surface area contributed by atoms with Crippen LogP contribution < -0.4 is 5.73 Å². The molecule has 0 aliphatic carbocycles. The molecule has 1 aromatic rings. The van der Waals surface area contributed by atoms with E-state index in [0.717, 1.165) is 32.1 Å². The maximum atomic E-state index is 6.18. The molecule has 0 spiro atoms. The van der Waals surface area contributed by atoms with Gasteiger partial charge in [-0.1, -0.05) is 30.3 Å². The molecule has 2 N–H and O–H groups in total. The zero-order valence-electron chi connectivity index (χ0n) is 13.9. The molecule has 23 heavy (non-hydrogen) atoms. The van der Waals surface area contributed by atoms with Crippen LogP contribution in [0.2, 0.25) is 0 Å². The zero-order chi connectivity index (χ0) is 15.2. The molecule has 128 valence electrons. The summed E-state index contributed by atoms with van der Waals surface area (Å²) >= 11 is 0. The number of aliphatic imine (C=N–C) groups is 1. The van der Waals surface area contributed by atoms with Gasteiger partial charge in [0.05, 0.1) is 6.54 Å². The average Bonchev–Trinajstić information content (AvgIpc) is 3.01. The largest absolute Gasteiger partial charge is 0.370 e. The van der Waals surface area contributed by atoms with Gasteiger partial charge in [0, 0.05) is 25.7 Å². The molecule has 1 aromatic carbocycles. The Morgan fingerprint density at radius 2 is 1.78 bits per heavy atom. The Morgan fingerprint density at radius 1 is 1.04 bits per heavy atom. The lowest BCUT2D eigenvalue weighted by Crippen LogP contribution is -2.41. The van der Waals surface area contributed by atoms with E-state index in [9.17, 15) is 0 Å². The van der Waals surface area contributed by atoms with E-state index in [2.05, 4.69) is 40.1 Å². The topological polar surface area (TPSA) is 44.9 Å². The van der Waals surface area contributed by atoms with Crippen molar-refractivity contribution in [3.63, 3.8) is 0 Å². The van der Waals surface area contributed by atoms with Crippen molar-refractivity contribution in [1.29, 1.82) is 0 Å². The van der Waals surface area contributed by atoms with Gasteiger partial charge < -0.3 is 10.6 Å². The van der Waals surface area contributed by atoms with E-state index < -0.39 is 0 Å². The second-order valence-corrected chi connectivity index (χ2v) is 6.50. The fourth-order valence-corrected chi connectivity index (χ4v) is 3.55. The van der Waals surface area contributed by atoms with E-state index >= 15 is 0 Å². The molecular weight excluding hydrogens is 399 g/mol. The number of nitrogens with two attached hydrogens (primary N) is 1. The third-order valence-electron chi connectivity index (χ3n) is 4.87. The summed E-state index contributed by atoms with van der Waals surface area (Å²) in [5, 5.41) is 0. The van der Waals surface area contributed by atoms with Gasteiger partial charge in [0.1, 0.15) is 0 Å². The summed E-state index contributed by atoms with van der Waals surface area (Å²) in [6, 6.07) is 11.3. The normalized spacial score (nSPS) is 22.9. The van der Waals surface area contributed by atoms with Gasteiger partial charge in [0.2, 0.25) is 0 Å². The fraction of sp³-hybridized carbons (Fsp3) is 0.611. The van der Waals surface area contributed by atoms with Crippen LogP contribution >= 0.6 is 24.0 Å². The zero-order valence-corrected chi connectivity index (χ0v) is 16.2. The van der Waals surface area contributed by atoms with Gasteiger partial charge in [-0.05, 0) is 44.2 Å². The molecule has 0 saturated carbocycles. The predicted molar refractivity (Wildman–Crippen MR) is 107 cm³/mol. The number of likely N-dealkylation sites (tertiary alicyclic amines) is 2. The van der Waals surface area contributed by atoms with Gasteiger partial charge in [0.15, 0.2) is 5.96 Å². The minimum Gasteiger partial charge on any atom is -0.370 e. The molecule has 0 radical (unpaired) electrons. The molecular formula is C18H29IN4. The minimum absolute atomic E-state index is 0. The van der Waals surface area contributed by atoms with Gasteiger partial charge in [-0.3, -0.25) is 9.89 Å². The van der Waals surface area contributed by atoms with E-state index in [1.165, 1.54) is 44.2 Å². The highest BCUT2D eigenvalue weighted by Crippen LogP contribution is 2.20. The van der Waals surface area contributed by atoms with Crippen LogP contribution in [0, 0.1) is 0 Å². The Labute approximate surface area is 157 Å². The van der Waals surface area contributed by atoms with Gasteiger partial charge in [0.25, 0.3) is 0 Å². The first-order valence-electron chi connectivity index (χ1n) is 8.66. The van der Waals surface area contributed by atoms with Crippen LogP contribution in [0.5, 0.6) is 0 Å². The molecule has 3 rings (SSSR count). The minimum atomic E-state index is 0. The van der Waals surface area contributed by atoms with Crippen LogP contribution in [-0.2, 0) is 6.54 Å². The lowest BCUT2D eigenvalue weighted by atomic mass is 10.1. The molecule has 0 amide bonds. The van der Waals surface area contributed by atoms with Gasteiger partial charge in [-0.15, -0.1) is 24.0 Å². The summed E-state index contributed by atoms with van der Waals surface area (Å²) in [5.74, 6) is 0.756. The molecule has 0 aromatic heterocycles. The van der Waals surface area contributed by atoms with Crippen molar-refractivity contribution in [2.75, 3.05) is 26.2 Å². The van der Waals surface area contributed by atoms with Crippen LogP contribution in [0.25, 0.3) is 0 Å². The Bertz CT molecular complexity index is 485. The highest BCUT2D eigenvalue weighted by Gasteiger charge is 2.24. The number of benzene rings is 1. The average molecular weight is 428 g/mol. The van der Waals surface area contributed by atoms with Crippen LogP contribution in [-0.4, -0.2) is 48.0 Å². The first-order valence-corrected chi connectivity index (χ1v) is 8.66. The summed E-state index contributed by atoms with van der Waals surface area (Å²) in [5.41, 5.74) is 7.57. The molecule has 2 saturated heterocycles. The second-order valence-electron chi connectivity index (χ2n) is 6.50. The summed E-state index contributed by atoms with van der Waals surface area (Å²) < 4.78 is 0. The van der Waals surface area contributed by atoms with Crippen molar-refractivity contribution in [2.24, 2.45) is 10.7 Å². The Hall–Kier alpha value is -0.820. The highest BCUT2D eigenvalue weighted by molar-refractivity contribution is 14.0. The van der Waals surface area contributed by atoms with Crippen molar-refractivity contribution >= 4 is 29.9 Å². The number of piperidine rings is 1. The maximum Gasteiger partial charge on any atom is 0.191 e. The molecule has 2 fully saturated rings. The SMILES string of the molecule is I.NC(=NCC1CCCN1Cc1ccccc1)N1CCCCC1. The Morgan fingerprint density at radius 3 is 2.52 bits per heavy atom. The summed E-state index contributed by atoms with van der Waals surface area (Å²) in [6.45, 7) is 5.21. The first kappa shape index (κ1) is 18.5. The molecule has 2 heterocycles. The third kappa shape index (κ3) is 5.35. The van der Waals surface area contributed by atoms with E-state index in [0.29, 0.717) is 6.04 Å². The Balaban J connectivity index is 0.00000192. The smallest absolute Gasteiger partial charge is 0.191 e. The summed E-state index contributed by atoms with van der Waals surface area (Å²) in [4.78, 5) is 9.51. The van der Waals surface area contributed by atoms with Crippen molar-refractivity contribution in [2.45, 2.75) is 44.7 Å². The van der Waals surface area contributed by atoms with Crippen molar-refractivity contribution in [3.05, 3.63) is 35.9 Å². The highest BCUT2D eigenvalue weighted by atomic mass is 127. The van der Waals surface area contributed by atoms with Crippen LogP contribution in [0.3, 0.4) is 0 Å². The molecule has 2 aliphatic rings. The van der Waals surface area contributed by atoms with Crippen molar-refractivity contribution in [1.82, 2.24) is 9.80 Å². The van der Waals surface area contributed by atoms with Gasteiger partial charge in [-0.25, -0.2) is 0 Å². The van der Waals surface area contributed by atoms with Crippen LogP contribution in [0.1, 0.15) is 37.7 Å². The Kier molecular flexibility index (Phi) is 7.62. The molecule has 0 bridgehead atoms. The number of rotatable bonds is 4. The number of halogens is 1. The van der Waals surface area contributed by atoms with E-state index in [1.54, 1.807) is 0 Å². The maximum absolute atomic E-state index is 6.18. The molecule has 5 heteroatoms. The van der Waals surface area contributed by atoms with Crippen LogP contribution in [0.15, 0.2) is 35.3 Å². The quantitative estimate of drug-likeness (QED) is 0.456. The van der Waals surface area contributed by atoms with Gasteiger partial charge >= 0.3 is 0 Å². The molecule has 1 unspecified atom stereocenters. The lowest BCUT2D eigenvalue weighted by Gasteiger charge is -2.28. The number of hydrogen-bond acceptors (Lipinski definition) is 2. The van der Waals surface area contributed by atoms with Crippen molar-refractivity contribution < 1.29 is 0 Å². The fourth-order valence-electron chi connectivity index (χ4n) is 3.55.